The number of urea groups is 1. The fourth-order valence-corrected chi connectivity index (χ4v) is 4.90. The first kappa shape index (κ1) is 18.9. The van der Waals surface area contributed by atoms with Crippen LogP contribution >= 0.6 is 35.0 Å². The molecule has 4 rings (SSSR count). The highest BCUT2D eigenvalue weighted by Gasteiger charge is 2.51. The Labute approximate surface area is 173 Å². The van der Waals surface area contributed by atoms with E-state index in [2.05, 4.69) is 10.3 Å². The Balaban J connectivity index is 1.42. The minimum atomic E-state index is -0.571. The van der Waals surface area contributed by atoms with Crippen LogP contribution in [0.1, 0.15) is 24.8 Å². The number of rotatable bonds is 7. The number of thioether (sulfide) groups is 1. The second-order valence-electron chi connectivity index (χ2n) is 7.11. The van der Waals surface area contributed by atoms with Gasteiger partial charge in [0.05, 0.1) is 5.69 Å². The van der Waals surface area contributed by atoms with Crippen molar-refractivity contribution in [3.8, 4) is 0 Å². The topological polar surface area (TPSA) is 45.2 Å². The van der Waals surface area contributed by atoms with Gasteiger partial charge in [0.25, 0.3) is 0 Å². The first-order chi connectivity index (χ1) is 13.0. The van der Waals surface area contributed by atoms with E-state index < -0.39 is 4.33 Å². The van der Waals surface area contributed by atoms with E-state index in [1.807, 2.05) is 41.3 Å². The van der Waals surface area contributed by atoms with E-state index in [-0.39, 0.29) is 6.03 Å². The zero-order valence-corrected chi connectivity index (χ0v) is 17.1. The number of hydrogen-bond acceptors (Lipinski definition) is 3. The van der Waals surface area contributed by atoms with E-state index in [1.54, 1.807) is 24.2 Å². The number of nitrogens with one attached hydrogen (secondary N) is 1. The fourth-order valence-electron chi connectivity index (χ4n) is 2.96. The molecule has 0 radical (unpaired) electrons. The maximum Gasteiger partial charge on any atom is 0.322 e. The van der Waals surface area contributed by atoms with Gasteiger partial charge in [-0.05, 0) is 49.1 Å². The minimum Gasteiger partial charge on any atom is -0.317 e. The van der Waals surface area contributed by atoms with Gasteiger partial charge in [-0.15, -0.1) is 35.0 Å². The molecule has 1 aromatic heterocycles. The molecule has 2 amide bonds. The second kappa shape index (κ2) is 7.90. The molecule has 1 unspecified atom stereocenters. The maximum atomic E-state index is 13.0. The summed E-state index contributed by atoms with van der Waals surface area (Å²) in [6.45, 7) is 0.595. The van der Waals surface area contributed by atoms with Crippen molar-refractivity contribution in [3.63, 3.8) is 0 Å². The smallest absolute Gasteiger partial charge is 0.317 e. The standard InChI is InChI=1S/C20H21Cl2N3OS/c21-20(22)11-15(20)13-27-18-4-2-1-3-17(18)24-19(26)25(16-5-6-16)12-14-7-9-23-10-8-14/h1-4,7-10,15-16H,5-6,11-13H2,(H,24,26). The zero-order valence-electron chi connectivity index (χ0n) is 14.8. The number of hydrogen-bond donors (Lipinski definition) is 1. The Kier molecular flexibility index (Phi) is 5.53. The molecule has 142 valence electrons. The van der Waals surface area contributed by atoms with Gasteiger partial charge in [0.1, 0.15) is 4.33 Å². The fraction of sp³-hybridized carbons (Fsp3) is 0.400. The third-order valence-corrected chi connectivity index (χ3v) is 7.04. The number of nitrogens with zero attached hydrogens (tertiary/aromatic N) is 2. The summed E-state index contributed by atoms with van der Waals surface area (Å²) in [7, 11) is 0. The van der Waals surface area contributed by atoms with Gasteiger partial charge in [0, 0.05) is 41.5 Å². The van der Waals surface area contributed by atoms with Crippen LogP contribution in [0.2, 0.25) is 0 Å². The van der Waals surface area contributed by atoms with E-state index in [0.717, 1.165) is 41.2 Å². The van der Waals surface area contributed by atoms with Gasteiger partial charge in [-0.25, -0.2) is 4.79 Å². The van der Waals surface area contributed by atoms with Crippen molar-refractivity contribution in [2.45, 2.75) is 41.1 Å². The third-order valence-electron chi connectivity index (χ3n) is 4.88. The lowest BCUT2D eigenvalue weighted by atomic mass is 10.2. The predicted octanol–water partition coefficient (Wildman–Crippen LogP) is 5.56. The molecule has 1 aromatic carbocycles. The van der Waals surface area contributed by atoms with E-state index in [1.165, 1.54) is 0 Å². The Morgan fingerprint density at radius 1 is 1.22 bits per heavy atom. The Hall–Kier alpha value is -1.43. The summed E-state index contributed by atoms with van der Waals surface area (Å²) in [5.41, 5.74) is 1.92. The number of halogens is 2. The molecule has 0 aliphatic heterocycles. The van der Waals surface area contributed by atoms with Crippen LogP contribution in [-0.2, 0) is 6.54 Å². The van der Waals surface area contributed by atoms with Crippen molar-refractivity contribution in [2.75, 3.05) is 11.1 Å². The Morgan fingerprint density at radius 2 is 1.93 bits per heavy atom. The lowest BCUT2D eigenvalue weighted by Crippen LogP contribution is -2.36. The van der Waals surface area contributed by atoms with Gasteiger partial charge in [-0.3, -0.25) is 4.98 Å². The maximum absolute atomic E-state index is 13.0. The number of alkyl halides is 2. The molecule has 0 spiro atoms. The van der Waals surface area contributed by atoms with E-state index in [4.69, 9.17) is 23.2 Å². The molecular formula is C20H21Cl2N3OS. The van der Waals surface area contributed by atoms with Gasteiger partial charge < -0.3 is 10.2 Å². The number of amides is 2. The molecule has 27 heavy (non-hydrogen) atoms. The molecule has 2 fully saturated rings. The highest BCUT2D eigenvalue weighted by Crippen LogP contribution is 2.55. The summed E-state index contributed by atoms with van der Waals surface area (Å²) in [4.78, 5) is 20.0. The molecule has 0 saturated heterocycles. The van der Waals surface area contributed by atoms with Crippen LogP contribution in [0.4, 0.5) is 10.5 Å². The minimum absolute atomic E-state index is 0.0576. The molecule has 1 N–H and O–H groups in total. The van der Waals surface area contributed by atoms with Gasteiger partial charge in [0.2, 0.25) is 0 Å². The van der Waals surface area contributed by atoms with Gasteiger partial charge >= 0.3 is 6.03 Å². The Bertz CT molecular complexity index is 814. The van der Waals surface area contributed by atoms with Crippen LogP contribution in [0.15, 0.2) is 53.7 Å². The van der Waals surface area contributed by atoms with Crippen molar-refractivity contribution in [3.05, 3.63) is 54.4 Å². The van der Waals surface area contributed by atoms with Crippen molar-refractivity contribution in [1.82, 2.24) is 9.88 Å². The quantitative estimate of drug-likeness (QED) is 0.469. The van der Waals surface area contributed by atoms with Crippen LogP contribution in [0, 0.1) is 5.92 Å². The highest BCUT2D eigenvalue weighted by atomic mass is 35.5. The highest BCUT2D eigenvalue weighted by molar-refractivity contribution is 7.99. The van der Waals surface area contributed by atoms with E-state index in [9.17, 15) is 4.79 Å². The van der Waals surface area contributed by atoms with Crippen LogP contribution in [0.5, 0.6) is 0 Å². The molecule has 7 heteroatoms. The summed E-state index contributed by atoms with van der Waals surface area (Å²) in [6.07, 6.45) is 6.47. The number of anilines is 1. The summed E-state index contributed by atoms with van der Waals surface area (Å²) in [5, 5.41) is 3.10. The number of aromatic nitrogens is 1. The van der Waals surface area contributed by atoms with Crippen LogP contribution in [-0.4, -0.2) is 32.0 Å². The largest absolute Gasteiger partial charge is 0.322 e. The number of benzene rings is 1. The lowest BCUT2D eigenvalue weighted by molar-refractivity contribution is 0.206. The van der Waals surface area contributed by atoms with Gasteiger partial charge in [-0.2, -0.15) is 0 Å². The number of para-hydroxylation sites is 1. The predicted molar refractivity (Wildman–Crippen MR) is 112 cm³/mol. The van der Waals surface area contributed by atoms with Crippen LogP contribution in [0.3, 0.4) is 0 Å². The summed E-state index contributed by atoms with van der Waals surface area (Å²) in [6, 6.07) is 12.1. The van der Waals surface area contributed by atoms with Gasteiger partial charge in [-0.1, -0.05) is 12.1 Å². The third kappa shape index (κ3) is 4.89. The molecule has 2 aromatic rings. The monoisotopic (exact) mass is 421 g/mol. The van der Waals surface area contributed by atoms with E-state index in [0.29, 0.717) is 18.5 Å². The molecule has 2 saturated carbocycles. The number of carbonyl (C=O) groups excluding carboxylic acids is 1. The first-order valence-corrected chi connectivity index (χ1v) is 10.8. The second-order valence-corrected chi connectivity index (χ2v) is 9.72. The average Bonchev–Trinajstić information content (AvgIpc) is 3.58. The average molecular weight is 422 g/mol. The normalized spacial score (nSPS) is 20.1. The molecule has 2 aliphatic rings. The number of pyridine rings is 1. The molecule has 1 heterocycles. The van der Waals surface area contributed by atoms with Crippen molar-refractivity contribution in [1.29, 1.82) is 0 Å². The van der Waals surface area contributed by atoms with Crippen LogP contribution in [0.25, 0.3) is 0 Å². The van der Waals surface area contributed by atoms with Crippen LogP contribution < -0.4 is 5.32 Å². The summed E-state index contributed by atoms with van der Waals surface area (Å²) < 4.78 is -0.571. The molecule has 1 atom stereocenters. The summed E-state index contributed by atoms with van der Waals surface area (Å²) >= 11 is 13.9. The van der Waals surface area contributed by atoms with E-state index >= 15 is 0 Å². The molecular weight excluding hydrogens is 401 g/mol. The molecule has 2 aliphatic carbocycles. The molecule has 0 bridgehead atoms. The summed E-state index contributed by atoms with van der Waals surface area (Å²) in [5.74, 6) is 1.16. The number of carbonyl (C=O) groups is 1. The first-order valence-electron chi connectivity index (χ1n) is 9.09. The molecule has 4 nitrogen and oxygen atoms in total. The van der Waals surface area contributed by atoms with Crippen molar-refractivity contribution < 1.29 is 4.79 Å². The Morgan fingerprint density at radius 3 is 2.59 bits per heavy atom. The van der Waals surface area contributed by atoms with Gasteiger partial charge in [0.15, 0.2) is 0 Å². The van der Waals surface area contributed by atoms with Crippen molar-refractivity contribution >= 4 is 46.7 Å². The SMILES string of the molecule is O=C(Nc1ccccc1SCC1CC1(Cl)Cl)N(Cc1ccncc1)C1CC1. The zero-order chi connectivity index (χ0) is 18.9. The van der Waals surface area contributed by atoms with Crippen molar-refractivity contribution in [2.24, 2.45) is 5.92 Å². The lowest BCUT2D eigenvalue weighted by Gasteiger charge is -2.23.